The van der Waals surface area contributed by atoms with Crippen LogP contribution in [0.3, 0.4) is 0 Å². The van der Waals surface area contributed by atoms with Crippen LogP contribution in [-0.4, -0.2) is 23.2 Å². The van der Waals surface area contributed by atoms with Crippen LogP contribution in [0.4, 0.5) is 0 Å². The molecule has 0 aliphatic rings. The molecule has 0 spiro atoms. The molecule has 0 aliphatic carbocycles. The molecule has 1 aromatic rings. The van der Waals surface area contributed by atoms with Gasteiger partial charge in [-0.05, 0) is 12.1 Å². The summed E-state index contributed by atoms with van der Waals surface area (Å²) in [6.45, 7) is -0.0773. The number of methoxy groups -OCH3 is 1. The van der Waals surface area contributed by atoms with Gasteiger partial charge in [-0.25, -0.2) is 0 Å². The zero-order valence-electron chi connectivity index (χ0n) is 8.06. The number of aryl methyl sites for hydroxylation is 1. The van der Waals surface area contributed by atoms with Crippen molar-refractivity contribution in [3.63, 3.8) is 0 Å². The van der Waals surface area contributed by atoms with Crippen LogP contribution in [-0.2, 0) is 22.6 Å². The zero-order chi connectivity index (χ0) is 10.4. The van der Waals surface area contributed by atoms with E-state index >= 15 is 0 Å². The number of aliphatic hydroxyl groups is 1. The van der Waals surface area contributed by atoms with Gasteiger partial charge in [0, 0.05) is 12.1 Å². The van der Waals surface area contributed by atoms with Crippen molar-refractivity contribution in [2.45, 2.75) is 19.4 Å². The number of rotatable bonds is 4. The van der Waals surface area contributed by atoms with Crippen LogP contribution < -0.4 is 0 Å². The van der Waals surface area contributed by atoms with E-state index in [0.29, 0.717) is 18.5 Å². The molecule has 0 bridgehead atoms. The lowest BCUT2D eigenvalue weighted by atomic mass is 10.2. The van der Waals surface area contributed by atoms with Crippen LogP contribution in [0.25, 0.3) is 0 Å². The zero-order valence-corrected chi connectivity index (χ0v) is 8.06. The Kier molecular flexibility index (Phi) is 4.07. The summed E-state index contributed by atoms with van der Waals surface area (Å²) < 4.78 is 4.51. The standard InChI is InChI=1S/C10H13NO3/c1-14-10(13)6-5-8-3-2-4-9(7-12)11-8/h2-4,12H,5-7H2,1H3. The minimum atomic E-state index is -0.249. The number of pyridine rings is 1. The Balaban J connectivity index is 2.54. The Labute approximate surface area is 82.5 Å². The van der Waals surface area contributed by atoms with Crippen molar-refractivity contribution in [2.75, 3.05) is 7.11 Å². The van der Waals surface area contributed by atoms with Gasteiger partial charge in [-0.3, -0.25) is 9.78 Å². The molecule has 0 unspecified atom stereocenters. The number of carbonyl (C=O) groups excluding carboxylic acids is 1. The molecule has 0 radical (unpaired) electrons. The van der Waals surface area contributed by atoms with Crippen LogP contribution in [0.15, 0.2) is 18.2 Å². The maximum atomic E-state index is 10.8. The average Bonchev–Trinajstić information content (AvgIpc) is 2.26. The lowest BCUT2D eigenvalue weighted by molar-refractivity contribution is -0.140. The number of hydrogen-bond donors (Lipinski definition) is 1. The van der Waals surface area contributed by atoms with Gasteiger partial charge < -0.3 is 9.84 Å². The molecule has 0 atom stereocenters. The molecule has 0 aromatic carbocycles. The van der Waals surface area contributed by atoms with Gasteiger partial charge in [-0.2, -0.15) is 0 Å². The Hall–Kier alpha value is -1.42. The lowest BCUT2D eigenvalue weighted by Crippen LogP contribution is -2.03. The predicted molar refractivity (Wildman–Crippen MR) is 50.5 cm³/mol. The highest BCUT2D eigenvalue weighted by molar-refractivity contribution is 5.69. The maximum absolute atomic E-state index is 10.8. The smallest absolute Gasteiger partial charge is 0.305 e. The van der Waals surface area contributed by atoms with Crippen LogP contribution in [0.1, 0.15) is 17.8 Å². The van der Waals surface area contributed by atoms with Crippen molar-refractivity contribution < 1.29 is 14.6 Å². The summed E-state index contributed by atoms with van der Waals surface area (Å²) in [6.07, 6.45) is 0.860. The minimum Gasteiger partial charge on any atom is -0.469 e. The van der Waals surface area contributed by atoms with Crippen LogP contribution in [0.5, 0.6) is 0 Å². The average molecular weight is 195 g/mol. The maximum Gasteiger partial charge on any atom is 0.305 e. The highest BCUT2D eigenvalue weighted by atomic mass is 16.5. The Bertz CT molecular complexity index is 312. The number of aliphatic hydroxyl groups excluding tert-OH is 1. The molecule has 1 aromatic heterocycles. The van der Waals surface area contributed by atoms with Crippen LogP contribution in [0.2, 0.25) is 0 Å². The van der Waals surface area contributed by atoms with E-state index in [0.717, 1.165) is 5.69 Å². The van der Waals surface area contributed by atoms with Gasteiger partial charge >= 0.3 is 5.97 Å². The van der Waals surface area contributed by atoms with E-state index in [-0.39, 0.29) is 12.6 Å². The summed E-state index contributed by atoms with van der Waals surface area (Å²) in [5.74, 6) is -0.249. The number of nitrogens with zero attached hydrogens (tertiary/aromatic N) is 1. The number of carbonyl (C=O) groups is 1. The molecule has 1 rings (SSSR count). The van der Waals surface area contributed by atoms with Crippen molar-refractivity contribution in [3.05, 3.63) is 29.6 Å². The second-order valence-corrected chi connectivity index (χ2v) is 2.85. The second-order valence-electron chi connectivity index (χ2n) is 2.85. The number of hydrogen-bond acceptors (Lipinski definition) is 4. The Morgan fingerprint density at radius 1 is 1.50 bits per heavy atom. The van der Waals surface area contributed by atoms with Gasteiger partial charge in [-0.1, -0.05) is 6.07 Å². The summed E-state index contributed by atoms with van der Waals surface area (Å²) in [6, 6.07) is 5.37. The fraction of sp³-hybridized carbons (Fsp3) is 0.400. The topological polar surface area (TPSA) is 59.4 Å². The molecule has 1 heterocycles. The van der Waals surface area contributed by atoms with Crippen molar-refractivity contribution in [2.24, 2.45) is 0 Å². The van der Waals surface area contributed by atoms with Gasteiger partial charge in [0.15, 0.2) is 0 Å². The summed E-state index contributed by atoms with van der Waals surface area (Å²) >= 11 is 0. The molecule has 0 amide bonds. The number of esters is 1. The van der Waals surface area contributed by atoms with E-state index in [1.807, 2.05) is 12.1 Å². The van der Waals surface area contributed by atoms with Crippen molar-refractivity contribution >= 4 is 5.97 Å². The quantitative estimate of drug-likeness (QED) is 0.718. The highest BCUT2D eigenvalue weighted by Crippen LogP contribution is 2.03. The third-order valence-electron chi connectivity index (χ3n) is 1.84. The summed E-state index contributed by atoms with van der Waals surface area (Å²) in [4.78, 5) is 15.0. The molecule has 0 aliphatic heterocycles. The molecule has 0 fully saturated rings. The lowest BCUT2D eigenvalue weighted by Gasteiger charge is -2.01. The first-order valence-electron chi connectivity index (χ1n) is 4.38. The Morgan fingerprint density at radius 2 is 2.21 bits per heavy atom. The SMILES string of the molecule is COC(=O)CCc1cccc(CO)n1. The first-order chi connectivity index (χ1) is 6.76. The molecule has 76 valence electrons. The fourth-order valence-corrected chi connectivity index (χ4v) is 1.09. The largest absolute Gasteiger partial charge is 0.469 e. The van der Waals surface area contributed by atoms with E-state index < -0.39 is 0 Å². The normalized spacial score (nSPS) is 9.86. The van der Waals surface area contributed by atoms with Crippen molar-refractivity contribution in [3.8, 4) is 0 Å². The van der Waals surface area contributed by atoms with Crippen molar-refractivity contribution in [1.82, 2.24) is 4.98 Å². The number of ether oxygens (including phenoxy) is 1. The fourth-order valence-electron chi connectivity index (χ4n) is 1.09. The molecule has 14 heavy (non-hydrogen) atoms. The molecule has 1 N–H and O–H groups in total. The third-order valence-corrected chi connectivity index (χ3v) is 1.84. The summed E-state index contributed by atoms with van der Waals surface area (Å²) in [5, 5.41) is 8.83. The van der Waals surface area contributed by atoms with Crippen molar-refractivity contribution in [1.29, 1.82) is 0 Å². The van der Waals surface area contributed by atoms with E-state index in [1.54, 1.807) is 6.07 Å². The molecule has 0 saturated carbocycles. The van der Waals surface area contributed by atoms with Gasteiger partial charge in [-0.15, -0.1) is 0 Å². The monoisotopic (exact) mass is 195 g/mol. The van der Waals surface area contributed by atoms with Gasteiger partial charge in [0.2, 0.25) is 0 Å². The first-order valence-corrected chi connectivity index (χ1v) is 4.38. The summed E-state index contributed by atoms with van der Waals surface area (Å²) in [5.41, 5.74) is 1.41. The molecule has 4 heteroatoms. The van der Waals surface area contributed by atoms with Gasteiger partial charge in [0.1, 0.15) is 0 Å². The van der Waals surface area contributed by atoms with E-state index in [9.17, 15) is 4.79 Å². The number of aromatic nitrogens is 1. The van der Waals surface area contributed by atoms with E-state index in [1.165, 1.54) is 7.11 Å². The molecular formula is C10H13NO3. The van der Waals surface area contributed by atoms with Crippen LogP contribution in [0, 0.1) is 0 Å². The third kappa shape index (κ3) is 3.14. The predicted octanol–water partition coefficient (Wildman–Crippen LogP) is 0.679. The second kappa shape index (κ2) is 5.34. The van der Waals surface area contributed by atoms with Gasteiger partial charge in [0.05, 0.1) is 25.8 Å². The molecule has 0 saturated heterocycles. The molecule has 4 nitrogen and oxygen atoms in total. The molecular weight excluding hydrogens is 182 g/mol. The van der Waals surface area contributed by atoms with E-state index in [4.69, 9.17) is 5.11 Å². The van der Waals surface area contributed by atoms with Crippen LogP contribution >= 0.6 is 0 Å². The Morgan fingerprint density at radius 3 is 2.86 bits per heavy atom. The first kappa shape index (κ1) is 10.7. The van der Waals surface area contributed by atoms with E-state index in [2.05, 4.69) is 9.72 Å². The highest BCUT2D eigenvalue weighted by Gasteiger charge is 2.02. The summed E-state index contributed by atoms with van der Waals surface area (Å²) in [7, 11) is 1.36. The minimum absolute atomic E-state index is 0.0773. The van der Waals surface area contributed by atoms with Gasteiger partial charge in [0.25, 0.3) is 0 Å².